The Labute approximate surface area is 103 Å². The summed E-state index contributed by atoms with van der Waals surface area (Å²) in [5.41, 5.74) is 6.19. The first kappa shape index (κ1) is 11.2. The first-order chi connectivity index (χ1) is 8.25. The number of nitrogens with zero attached hydrogens (tertiary/aromatic N) is 3. The van der Waals surface area contributed by atoms with Gasteiger partial charge in [-0.1, -0.05) is 6.92 Å². The molecule has 0 spiro atoms. The molecular weight excluding hydrogens is 212 g/mol. The van der Waals surface area contributed by atoms with Crippen LogP contribution in [0.1, 0.15) is 57.3 Å². The standard InChI is InChI=1S/C13H22N4/c1-10-4-6-13(8-14,7-5-10)12-16-15-9-17(12)11-2-3-11/h9-11H,2-8,14H2,1H3. The summed E-state index contributed by atoms with van der Waals surface area (Å²) in [6, 6.07) is 0.655. The predicted molar refractivity (Wildman–Crippen MR) is 66.7 cm³/mol. The molecule has 94 valence electrons. The summed E-state index contributed by atoms with van der Waals surface area (Å²) in [6.07, 6.45) is 9.36. The monoisotopic (exact) mass is 234 g/mol. The van der Waals surface area contributed by atoms with E-state index in [-0.39, 0.29) is 5.41 Å². The van der Waals surface area contributed by atoms with Gasteiger partial charge in [0.15, 0.2) is 0 Å². The van der Waals surface area contributed by atoms with Gasteiger partial charge >= 0.3 is 0 Å². The highest BCUT2D eigenvalue weighted by molar-refractivity contribution is 5.13. The average Bonchev–Trinajstić information content (AvgIpc) is 3.09. The van der Waals surface area contributed by atoms with Gasteiger partial charge in [0, 0.05) is 18.0 Å². The lowest BCUT2D eigenvalue weighted by atomic mass is 9.70. The van der Waals surface area contributed by atoms with E-state index < -0.39 is 0 Å². The molecule has 0 unspecified atom stereocenters. The molecule has 0 aliphatic heterocycles. The van der Waals surface area contributed by atoms with Crippen LogP contribution in [-0.2, 0) is 5.41 Å². The van der Waals surface area contributed by atoms with Crippen LogP contribution in [0.2, 0.25) is 0 Å². The van der Waals surface area contributed by atoms with Crippen LogP contribution in [0.25, 0.3) is 0 Å². The largest absolute Gasteiger partial charge is 0.329 e. The Balaban J connectivity index is 1.90. The summed E-state index contributed by atoms with van der Waals surface area (Å²) >= 11 is 0. The maximum Gasteiger partial charge on any atom is 0.140 e. The molecule has 0 aromatic carbocycles. The predicted octanol–water partition coefficient (Wildman–Crippen LogP) is 2.02. The van der Waals surface area contributed by atoms with Gasteiger partial charge in [0.2, 0.25) is 0 Å². The second kappa shape index (κ2) is 4.09. The van der Waals surface area contributed by atoms with Crippen molar-refractivity contribution < 1.29 is 0 Å². The summed E-state index contributed by atoms with van der Waals surface area (Å²) in [4.78, 5) is 0. The van der Waals surface area contributed by atoms with Crippen molar-refractivity contribution in [2.75, 3.05) is 6.54 Å². The number of nitrogens with two attached hydrogens (primary N) is 1. The third kappa shape index (κ3) is 1.88. The van der Waals surface area contributed by atoms with Gasteiger partial charge in [0.1, 0.15) is 12.2 Å². The minimum atomic E-state index is 0.103. The van der Waals surface area contributed by atoms with Crippen LogP contribution in [0.15, 0.2) is 6.33 Å². The third-order valence-corrected chi connectivity index (χ3v) is 4.61. The number of hydrogen-bond acceptors (Lipinski definition) is 3. The van der Waals surface area contributed by atoms with Gasteiger partial charge in [-0.15, -0.1) is 10.2 Å². The first-order valence-electron chi connectivity index (χ1n) is 6.85. The molecule has 2 N–H and O–H groups in total. The van der Waals surface area contributed by atoms with E-state index in [0.29, 0.717) is 12.6 Å². The van der Waals surface area contributed by atoms with Crippen LogP contribution in [0.3, 0.4) is 0 Å². The molecule has 0 radical (unpaired) electrons. The first-order valence-corrected chi connectivity index (χ1v) is 6.85. The van der Waals surface area contributed by atoms with Crippen LogP contribution >= 0.6 is 0 Å². The van der Waals surface area contributed by atoms with Gasteiger partial charge in [-0.3, -0.25) is 0 Å². The summed E-state index contributed by atoms with van der Waals surface area (Å²) in [5.74, 6) is 2.00. The fourth-order valence-corrected chi connectivity index (χ4v) is 3.08. The molecule has 2 aliphatic carbocycles. The summed E-state index contributed by atoms with van der Waals surface area (Å²) in [5, 5.41) is 8.53. The average molecular weight is 234 g/mol. The quantitative estimate of drug-likeness (QED) is 0.870. The molecular formula is C13H22N4. The molecule has 1 aromatic heterocycles. The lowest BCUT2D eigenvalue weighted by molar-refractivity contribution is 0.230. The van der Waals surface area contributed by atoms with E-state index in [1.807, 2.05) is 6.33 Å². The Morgan fingerprint density at radius 2 is 2.06 bits per heavy atom. The molecule has 2 fully saturated rings. The molecule has 0 bridgehead atoms. The Bertz CT molecular complexity index is 386. The van der Waals surface area contributed by atoms with Gasteiger partial charge in [0.25, 0.3) is 0 Å². The van der Waals surface area contributed by atoms with Crippen LogP contribution in [0.4, 0.5) is 0 Å². The van der Waals surface area contributed by atoms with Crippen molar-refractivity contribution >= 4 is 0 Å². The van der Waals surface area contributed by atoms with Crippen LogP contribution in [0.5, 0.6) is 0 Å². The molecule has 17 heavy (non-hydrogen) atoms. The SMILES string of the molecule is CC1CCC(CN)(c2nncn2C2CC2)CC1. The third-order valence-electron chi connectivity index (χ3n) is 4.61. The second-order valence-corrected chi connectivity index (χ2v) is 5.96. The number of hydrogen-bond donors (Lipinski definition) is 1. The Morgan fingerprint density at radius 3 is 2.65 bits per heavy atom. The van der Waals surface area contributed by atoms with Gasteiger partial charge in [-0.25, -0.2) is 0 Å². The van der Waals surface area contributed by atoms with Gasteiger partial charge < -0.3 is 10.3 Å². The topological polar surface area (TPSA) is 56.7 Å². The van der Waals surface area contributed by atoms with E-state index in [0.717, 1.165) is 11.7 Å². The van der Waals surface area contributed by atoms with Crippen molar-refractivity contribution in [2.45, 2.75) is 56.9 Å². The zero-order chi connectivity index (χ0) is 11.9. The van der Waals surface area contributed by atoms with E-state index in [2.05, 4.69) is 21.7 Å². The highest BCUT2D eigenvalue weighted by Gasteiger charge is 2.40. The van der Waals surface area contributed by atoms with Crippen molar-refractivity contribution in [2.24, 2.45) is 11.7 Å². The van der Waals surface area contributed by atoms with Crippen molar-refractivity contribution in [1.29, 1.82) is 0 Å². The molecule has 2 saturated carbocycles. The molecule has 0 saturated heterocycles. The molecule has 1 aromatic rings. The van der Waals surface area contributed by atoms with Crippen LogP contribution < -0.4 is 5.73 Å². The Kier molecular flexibility index (Phi) is 2.69. The molecule has 4 heteroatoms. The van der Waals surface area contributed by atoms with E-state index >= 15 is 0 Å². The van der Waals surface area contributed by atoms with Gasteiger partial charge in [0.05, 0.1) is 0 Å². The molecule has 2 aliphatic rings. The second-order valence-electron chi connectivity index (χ2n) is 5.96. The lowest BCUT2D eigenvalue weighted by Gasteiger charge is -2.37. The van der Waals surface area contributed by atoms with Crippen molar-refractivity contribution in [3.63, 3.8) is 0 Å². The molecule has 4 nitrogen and oxygen atoms in total. The Hall–Kier alpha value is -0.900. The smallest absolute Gasteiger partial charge is 0.140 e. The zero-order valence-electron chi connectivity index (χ0n) is 10.6. The van der Waals surface area contributed by atoms with E-state index in [9.17, 15) is 0 Å². The summed E-state index contributed by atoms with van der Waals surface area (Å²) < 4.78 is 2.29. The lowest BCUT2D eigenvalue weighted by Crippen LogP contribution is -2.41. The van der Waals surface area contributed by atoms with Crippen LogP contribution in [0, 0.1) is 5.92 Å². The van der Waals surface area contributed by atoms with Gasteiger partial charge in [-0.2, -0.15) is 0 Å². The van der Waals surface area contributed by atoms with Crippen LogP contribution in [-0.4, -0.2) is 21.3 Å². The fourth-order valence-electron chi connectivity index (χ4n) is 3.08. The minimum Gasteiger partial charge on any atom is -0.329 e. The van der Waals surface area contributed by atoms with Gasteiger partial charge in [-0.05, 0) is 44.4 Å². The van der Waals surface area contributed by atoms with Crippen molar-refractivity contribution in [1.82, 2.24) is 14.8 Å². The minimum absolute atomic E-state index is 0.103. The fraction of sp³-hybridized carbons (Fsp3) is 0.846. The van der Waals surface area contributed by atoms with Crippen molar-refractivity contribution in [3.05, 3.63) is 12.2 Å². The number of aromatic nitrogens is 3. The molecule has 1 heterocycles. The zero-order valence-corrected chi connectivity index (χ0v) is 10.6. The van der Waals surface area contributed by atoms with E-state index in [1.165, 1.54) is 38.5 Å². The van der Waals surface area contributed by atoms with E-state index in [4.69, 9.17) is 5.73 Å². The summed E-state index contributed by atoms with van der Waals surface area (Å²) in [6.45, 7) is 3.05. The highest BCUT2D eigenvalue weighted by atomic mass is 15.3. The molecule has 0 amide bonds. The normalized spacial score (nSPS) is 33.9. The number of rotatable bonds is 3. The summed E-state index contributed by atoms with van der Waals surface area (Å²) in [7, 11) is 0. The van der Waals surface area contributed by atoms with E-state index in [1.54, 1.807) is 0 Å². The van der Waals surface area contributed by atoms with Crippen molar-refractivity contribution in [3.8, 4) is 0 Å². The Morgan fingerprint density at radius 1 is 1.35 bits per heavy atom. The molecule has 3 rings (SSSR count). The maximum atomic E-state index is 6.08. The molecule has 0 atom stereocenters. The maximum absolute atomic E-state index is 6.08. The highest BCUT2D eigenvalue weighted by Crippen LogP contribution is 2.43.